The maximum Gasteiger partial charge on any atom is 0.329 e. The van der Waals surface area contributed by atoms with Gasteiger partial charge in [-0.15, -0.1) is 0 Å². The fourth-order valence-electron chi connectivity index (χ4n) is 4.20. The average molecular weight is 457 g/mol. The topological polar surface area (TPSA) is 84.6 Å². The molecule has 1 aromatic heterocycles. The van der Waals surface area contributed by atoms with E-state index in [0.717, 1.165) is 16.6 Å². The minimum absolute atomic E-state index is 0.0717. The van der Waals surface area contributed by atoms with Crippen LogP contribution in [0.25, 0.3) is 11.0 Å². The van der Waals surface area contributed by atoms with Crippen LogP contribution in [0.3, 0.4) is 0 Å². The van der Waals surface area contributed by atoms with E-state index in [0.29, 0.717) is 26.2 Å². The summed E-state index contributed by atoms with van der Waals surface area (Å²) in [6, 6.07) is 14.4. The zero-order valence-electron chi connectivity index (χ0n) is 18.4. The lowest BCUT2D eigenvalue weighted by molar-refractivity contribution is -0.132. The number of carbonyl (C=O) groups is 1. The molecule has 1 saturated heterocycles. The molecule has 170 valence electrons. The third kappa shape index (κ3) is 4.10. The predicted molar refractivity (Wildman–Crippen MR) is 123 cm³/mol. The number of aromatic nitrogens is 2. The zero-order valence-corrected chi connectivity index (χ0v) is 19.2. The van der Waals surface area contributed by atoms with Crippen LogP contribution in [0, 0.1) is 6.92 Å². The van der Waals surface area contributed by atoms with Gasteiger partial charge in [0.25, 0.3) is 0 Å². The van der Waals surface area contributed by atoms with E-state index < -0.39 is 10.0 Å². The van der Waals surface area contributed by atoms with Gasteiger partial charge in [0.2, 0.25) is 15.9 Å². The molecule has 1 fully saturated rings. The van der Waals surface area contributed by atoms with Crippen LogP contribution in [0.2, 0.25) is 0 Å². The molecule has 0 aliphatic carbocycles. The number of carbonyl (C=O) groups excluding carboxylic acids is 1. The Hall–Kier alpha value is -2.91. The number of sulfonamides is 1. The molecule has 0 radical (unpaired) electrons. The van der Waals surface area contributed by atoms with E-state index in [-0.39, 0.29) is 36.0 Å². The molecule has 0 N–H and O–H groups in total. The second-order valence-corrected chi connectivity index (χ2v) is 9.95. The largest absolute Gasteiger partial charge is 0.340 e. The summed E-state index contributed by atoms with van der Waals surface area (Å²) in [4.78, 5) is 27.5. The van der Waals surface area contributed by atoms with Crippen molar-refractivity contribution in [1.29, 1.82) is 0 Å². The third-order valence-corrected chi connectivity index (χ3v) is 7.95. The van der Waals surface area contributed by atoms with E-state index in [1.807, 2.05) is 38.1 Å². The van der Waals surface area contributed by atoms with Crippen LogP contribution in [0.15, 0.2) is 58.2 Å². The van der Waals surface area contributed by atoms with E-state index in [9.17, 15) is 18.0 Å². The summed E-state index contributed by atoms with van der Waals surface area (Å²) < 4.78 is 30.5. The van der Waals surface area contributed by atoms with Crippen molar-refractivity contribution in [2.45, 2.75) is 38.3 Å². The number of hydrogen-bond acceptors (Lipinski definition) is 4. The van der Waals surface area contributed by atoms with Crippen molar-refractivity contribution in [2.75, 3.05) is 26.2 Å². The highest BCUT2D eigenvalue weighted by Crippen LogP contribution is 2.19. The van der Waals surface area contributed by atoms with E-state index >= 15 is 0 Å². The van der Waals surface area contributed by atoms with Gasteiger partial charge in [-0.2, -0.15) is 4.31 Å². The Kier molecular flexibility index (Phi) is 6.21. The molecule has 0 saturated carbocycles. The standard InChI is InChI=1S/C23H28N4O4S/c1-3-26-20-6-4-5-7-21(20)27(23(26)29)13-12-22(28)24-14-16-25(17-15-24)32(30,31)19-10-8-18(2)9-11-19/h4-11H,3,12-17H2,1-2H3. The molecule has 3 aromatic rings. The van der Waals surface area contributed by atoms with Gasteiger partial charge in [0.05, 0.1) is 15.9 Å². The molecule has 0 unspecified atom stereocenters. The molecular weight excluding hydrogens is 428 g/mol. The van der Waals surface area contributed by atoms with E-state index in [4.69, 9.17) is 0 Å². The molecule has 2 aromatic carbocycles. The number of nitrogens with zero attached hydrogens (tertiary/aromatic N) is 4. The minimum atomic E-state index is -3.57. The molecule has 0 spiro atoms. The Morgan fingerprint density at radius 2 is 1.50 bits per heavy atom. The fraction of sp³-hybridized carbons (Fsp3) is 0.391. The SMILES string of the molecule is CCn1c(=O)n(CCC(=O)N2CCN(S(=O)(=O)c3ccc(C)cc3)CC2)c2ccccc21. The molecule has 0 bridgehead atoms. The van der Waals surface area contributed by atoms with Gasteiger partial charge in [-0.25, -0.2) is 13.2 Å². The van der Waals surface area contributed by atoms with Crippen LogP contribution < -0.4 is 5.69 Å². The lowest BCUT2D eigenvalue weighted by atomic mass is 10.2. The Morgan fingerprint density at radius 1 is 0.906 bits per heavy atom. The number of rotatable bonds is 6. The normalized spacial score (nSPS) is 15.4. The first-order valence-electron chi connectivity index (χ1n) is 10.9. The molecule has 0 atom stereocenters. The quantitative estimate of drug-likeness (QED) is 0.568. The second kappa shape index (κ2) is 8.91. The van der Waals surface area contributed by atoms with Crippen molar-refractivity contribution in [3.05, 3.63) is 64.6 Å². The number of amides is 1. The Balaban J connectivity index is 1.40. The third-order valence-electron chi connectivity index (χ3n) is 6.04. The van der Waals surface area contributed by atoms with Crippen molar-refractivity contribution >= 4 is 27.0 Å². The van der Waals surface area contributed by atoms with Gasteiger partial charge in [-0.3, -0.25) is 13.9 Å². The van der Waals surface area contributed by atoms with Crippen LogP contribution >= 0.6 is 0 Å². The summed E-state index contributed by atoms with van der Waals surface area (Å²) in [7, 11) is -3.57. The summed E-state index contributed by atoms with van der Waals surface area (Å²) in [5.41, 5.74) is 2.57. The van der Waals surface area contributed by atoms with Crippen molar-refractivity contribution in [1.82, 2.24) is 18.3 Å². The minimum Gasteiger partial charge on any atom is -0.340 e. The lowest BCUT2D eigenvalue weighted by Crippen LogP contribution is -2.50. The van der Waals surface area contributed by atoms with Crippen LogP contribution in [0.5, 0.6) is 0 Å². The number of fused-ring (bicyclic) bond motifs is 1. The summed E-state index contributed by atoms with van der Waals surface area (Å²) >= 11 is 0. The smallest absolute Gasteiger partial charge is 0.329 e. The summed E-state index contributed by atoms with van der Waals surface area (Å²) in [5, 5.41) is 0. The second-order valence-electron chi connectivity index (χ2n) is 8.02. The fourth-order valence-corrected chi connectivity index (χ4v) is 5.62. The van der Waals surface area contributed by atoms with Crippen LogP contribution in [-0.4, -0.2) is 58.8 Å². The van der Waals surface area contributed by atoms with Crippen molar-refractivity contribution < 1.29 is 13.2 Å². The lowest BCUT2D eigenvalue weighted by Gasteiger charge is -2.34. The number of imidazole rings is 1. The monoisotopic (exact) mass is 456 g/mol. The molecule has 1 aliphatic rings. The average Bonchev–Trinajstić information content (AvgIpc) is 3.08. The van der Waals surface area contributed by atoms with Gasteiger partial charge in [0, 0.05) is 45.7 Å². The number of benzene rings is 2. The van der Waals surface area contributed by atoms with E-state index in [2.05, 4.69) is 0 Å². The highest BCUT2D eigenvalue weighted by atomic mass is 32.2. The highest BCUT2D eigenvalue weighted by Gasteiger charge is 2.30. The van der Waals surface area contributed by atoms with Crippen LogP contribution in [0.1, 0.15) is 18.9 Å². The number of para-hydroxylation sites is 2. The van der Waals surface area contributed by atoms with Crippen molar-refractivity contribution in [3.63, 3.8) is 0 Å². The Bertz CT molecular complexity index is 1280. The Labute approximate surface area is 187 Å². The molecule has 2 heterocycles. The van der Waals surface area contributed by atoms with Gasteiger partial charge in [-0.05, 0) is 38.1 Å². The van der Waals surface area contributed by atoms with Crippen molar-refractivity contribution in [3.8, 4) is 0 Å². The maximum atomic E-state index is 12.9. The van der Waals surface area contributed by atoms with Crippen molar-refractivity contribution in [2.24, 2.45) is 0 Å². The van der Waals surface area contributed by atoms with Gasteiger partial charge in [0.1, 0.15) is 0 Å². The summed E-state index contributed by atoms with van der Waals surface area (Å²) in [6.07, 6.45) is 0.197. The Morgan fingerprint density at radius 3 is 2.09 bits per heavy atom. The maximum absolute atomic E-state index is 12.9. The molecule has 8 nitrogen and oxygen atoms in total. The van der Waals surface area contributed by atoms with Gasteiger partial charge in [-0.1, -0.05) is 29.8 Å². The predicted octanol–water partition coefficient (Wildman–Crippen LogP) is 2.05. The van der Waals surface area contributed by atoms with Gasteiger partial charge in [0.15, 0.2) is 0 Å². The van der Waals surface area contributed by atoms with E-state index in [1.54, 1.807) is 38.3 Å². The molecule has 1 aliphatic heterocycles. The number of hydrogen-bond donors (Lipinski definition) is 0. The number of piperazine rings is 1. The molecule has 32 heavy (non-hydrogen) atoms. The summed E-state index contributed by atoms with van der Waals surface area (Å²) in [6.45, 7) is 5.91. The van der Waals surface area contributed by atoms with Crippen LogP contribution in [-0.2, 0) is 27.9 Å². The molecular formula is C23H28N4O4S. The van der Waals surface area contributed by atoms with Crippen LogP contribution in [0.4, 0.5) is 0 Å². The zero-order chi connectivity index (χ0) is 22.9. The molecule has 4 rings (SSSR count). The first kappa shape index (κ1) is 22.3. The van der Waals surface area contributed by atoms with E-state index in [1.165, 1.54) is 4.31 Å². The van der Waals surface area contributed by atoms with Gasteiger partial charge < -0.3 is 4.90 Å². The first-order valence-corrected chi connectivity index (χ1v) is 12.3. The summed E-state index contributed by atoms with van der Waals surface area (Å²) in [5.74, 6) is -0.0717. The molecule has 9 heteroatoms. The molecule has 1 amide bonds. The number of aryl methyl sites for hydroxylation is 3. The highest BCUT2D eigenvalue weighted by molar-refractivity contribution is 7.89. The first-order chi connectivity index (χ1) is 15.3. The van der Waals surface area contributed by atoms with Gasteiger partial charge >= 0.3 is 5.69 Å².